The lowest BCUT2D eigenvalue weighted by Gasteiger charge is -2.09. The van der Waals surface area contributed by atoms with Gasteiger partial charge in [0, 0.05) is 56.9 Å². The van der Waals surface area contributed by atoms with Gasteiger partial charge >= 0.3 is 0 Å². The standard InChI is InChI=1S/C26H22N2/c1-27-23-11-5-2-8-19(23)22-15-14-18(16-26(22)27)17-28-24-12-6-3-9-20(24)21-10-4-7-13-25(21)28/h3-4,6-16H,2,5,17H2,1H3. The minimum absolute atomic E-state index is 0.882. The van der Waals surface area contributed by atoms with E-state index in [1.165, 1.54) is 48.8 Å². The summed E-state index contributed by atoms with van der Waals surface area (Å²) in [5, 5.41) is 6.82. The van der Waals surface area contributed by atoms with Crippen LogP contribution >= 0.6 is 0 Å². The lowest BCUT2D eigenvalue weighted by Crippen LogP contribution is -2.29. The second kappa shape index (κ2) is 5.87. The first kappa shape index (κ1) is 15.8. The van der Waals surface area contributed by atoms with Crippen LogP contribution in [0.15, 0.2) is 66.7 Å². The molecule has 0 N–H and O–H groups in total. The molecule has 0 unspecified atom stereocenters. The van der Waals surface area contributed by atoms with E-state index in [1.54, 1.807) is 0 Å². The highest BCUT2D eigenvalue weighted by atomic mass is 15.0. The second-order valence-electron chi connectivity index (χ2n) is 7.82. The topological polar surface area (TPSA) is 9.86 Å². The van der Waals surface area contributed by atoms with Crippen LogP contribution in [0, 0.1) is 0 Å². The molecule has 0 bridgehead atoms. The Morgan fingerprint density at radius 3 is 2.14 bits per heavy atom. The first-order valence-corrected chi connectivity index (χ1v) is 10.0. The van der Waals surface area contributed by atoms with Crippen molar-refractivity contribution in [3.8, 4) is 0 Å². The third-order valence-corrected chi connectivity index (χ3v) is 6.22. The summed E-state index contributed by atoms with van der Waals surface area (Å²) >= 11 is 0. The molecule has 5 aromatic rings. The molecule has 0 fully saturated rings. The van der Waals surface area contributed by atoms with Crippen LogP contribution in [0.25, 0.3) is 44.9 Å². The van der Waals surface area contributed by atoms with E-state index >= 15 is 0 Å². The molecule has 1 aliphatic rings. The summed E-state index contributed by atoms with van der Waals surface area (Å²) in [4.78, 5) is 0. The van der Waals surface area contributed by atoms with Gasteiger partial charge in [0.1, 0.15) is 0 Å². The van der Waals surface area contributed by atoms with Gasteiger partial charge in [0.15, 0.2) is 0 Å². The molecule has 0 aliphatic heterocycles. The zero-order valence-electron chi connectivity index (χ0n) is 16.0. The Kier molecular flexibility index (Phi) is 3.30. The molecule has 1 aliphatic carbocycles. The Labute approximate surface area is 163 Å². The number of aromatic nitrogens is 2. The molecular weight excluding hydrogens is 340 g/mol. The fourth-order valence-corrected chi connectivity index (χ4v) is 4.89. The largest absolute Gasteiger partial charge is 0.344 e. The summed E-state index contributed by atoms with van der Waals surface area (Å²) in [6.45, 7) is 0.882. The molecule has 2 nitrogen and oxygen atoms in total. The van der Waals surface area contributed by atoms with Crippen LogP contribution in [0.4, 0.5) is 0 Å². The van der Waals surface area contributed by atoms with Crippen LogP contribution < -0.4 is 10.6 Å². The predicted molar refractivity (Wildman–Crippen MR) is 119 cm³/mol. The van der Waals surface area contributed by atoms with E-state index in [9.17, 15) is 0 Å². The molecule has 0 radical (unpaired) electrons. The van der Waals surface area contributed by atoms with Gasteiger partial charge in [0.2, 0.25) is 0 Å². The molecule has 3 aromatic carbocycles. The van der Waals surface area contributed by atoms with Gasteiger partial charge in [-0.25, -0.2) is 0 Å². The molecule has 2 heterocycles. The van der Waals surface area contributed by atoms with Crippen molar-refractivity contribution in [2.45, 2.75) is 19.4 Å². The first-order valence-electron chi connectivity index (χ1n) is 10.0. The fourth-order valence-electron chi connectivity index (χ4n) is 4.89. The maximum Gasteiger partial charge on any atom is 0.0494 e. The number of fused-ring (bicyclic) bond motifs is 6. The molecule has 0 spiro atoms. The SMILES string of the molecule is Cn1c2c(c3ccc(Cn4c5ccccc5c5ccccc54)cc31)=CCCC=2. The van der Waals surface area contributed by atoms with Crippen LogP contribution in [0.2, 0.25) is 0 Å². The Bertz CT molecular complexity index is 1440. The molecule has 28 heavy (non-hydrogen) atoms. The van der Waals surface area contributed by atoms with Crippen molar-refractivity contribution in [2.24, 2.45) is 7.05 Å². The van der Waals surface area contributed by atoms with Gasteiger partial charge in [-0.05, 0) is 36.6 Å². The normalized spacial score (nSPS) is 13.6. The van der Waals surface area contributed by atoms with Crippen LogP contribution in [-0.4, -0.2) is 9.13 Å². The lowest BCUT2D eigenvalue weighted by atomic mass is 10.1. The van der Waals surface area contributed by atoms with Gasteiger partial charge in [0.25, 0.3) is 0 Å². The van der Waals surface area contributed by atoms with E-state index in [1.807, 2.05) is 0 Å². The number of nitrogens with zero attached hydrogens (tertiary/aromatic N) is 2. The van der Waals surface area contributed by atoms with Gasteiger partial charge in [0.05, 0.1) is 0 Å². The summed E-state index contributed by atoms with van der Waals surface area (Å²) in [6, 6.07) is 24.5. The van der Waals surface area contributed by atoms with Crippen LogP contribution in [-0.2, 0) is 13.6 Å². The smallest absolute Gasteiger partial charge is 0.0494 e. The summed E-state index contributed by atoms with van der Waals surface area (Å²) in [5.41, 5.74) is 5.28. The monoisotopic (exact) mass is 362 g/mol. The fraction of sp³-hybridized carbons (Fsp3) is 0.154. The number of aryl methyl sites for hydroxylation is 1. The molecule has 6 rings (SSSR count). The lowest BCUT2D eigenvalue weighted by molar-refractivity contribution is 0.866. The zero-order valence-corrected chi connectivity index (χ0v) is 16.0. The molecule has 2 aromatic heterocycles. The second-order valence-corrected chi connectivity index (χ2v) is 7.82. The summed E-state index contributed by atoms with van der Waals surface area (Å²) in [6.07, 6.45) is 7.06. The Balaban J connectivity index is 1.57. The number of hydrogen-bond acceptors (Lipinski definition) is 0. The zero-order chi connectivity index (χ0) is 18.7. The maximum absolute atomic E-state index is 2.45. The quantitative estimate of drug-likeness (QED) is 0.431. The van der Waals surface area contributed by atoms with E-state index < -0.39 is 0 Å². The van der Waals surface area contributed by atoms with Crippen LogP contribution in [0.3, 0.4) is 0 Å². The Morgan fingerprint density at radius 2 is 1.39 bits per heavy atom. The van der Waals surface area contributed by atoms with Crippen molar-refractivity contribution in [1.82, 2.24) is 9.13 Å². The van der Waals surface area contributed by atoms with E-state index in [0.717, 1.165) is 19.4 Å². The van der Waals surface area contributed by atoms with Crippen molar-refractivity contribution in [2.75, 3.05) is 0 Å². The van der Waals surface area contributed by atoms with E-state index in [-0.39, 0.29) is 0 Å². The highest BCUT2D eigenvalue weighted by Crippen LogP contribution is 2.29. The van der Waals surface area contributed by atoms with Crippen molar-refractivity contribution in [1.29, 1.82) is 0 Å². The number of benzene rings is 3. The number of rotatable bonds is 2. The third-order valence-electron chi connectivity index (χ3n) is 6.22. The number of hydrogen-bond donors (Lipinski definition) is 0. The van der Waals surface area contributed by atoms with Crippen LogP contribution in [0.1, 0.15) is 18.4 Å². The van der Waals surface area contributed by atoms with Crippen molar-refractivity contribution < 1.29 is 0 Å². The molecule has 0 atom stereocenters. The molecule has 136 valence electrons. The van der Waals surface area contributed by atoms with Gasteiger partial charge in [-0.2, -0.15) is 0 Å². The van der Waals surface area contributed by atoms with Gasteiger partial charge in [-0.3, -0.25) is 0 Å². The highest BCUT2D eigenvalue weighted by Gasteiger charge is 2.12. The molecule has 0 amide bonds. The Morgan fingerprint density at radius 1 is 0.714 bits per heavy atom. The predicted octanol–water partition coefficient (Wildman–Crippen LogP) is 4.69. The minimum atomic E-state index is 0.882. The van der Waals surface area contributed by atoms with Crippen molar-refractivity contribution >= 4 is 44.9 Å². The molecule has 2 heteroatoms. The van der Waals surface area contributed by atoms with Gasteiger partial charge < -0.3 is 9.13 Å². The van der Waals surface area contributed by atoms with Crippen molar-refractivity contribution in [3.05, 3.63) is 82.9 Å². The van der Waals surface area contributed by atoms with Gasteiger partial charge in [-0.1, -0.05) is 60.7 Å². The maximum atomic E-state index is 2.45. The highest BCUT2D eigenvalue weighted by molar-refractivity contribution is 6.08. The van der Waals surface area contributed by atoms with E-state index in [2.05, 4.69) is 95.1 Å². The van der Waals surface area contributed by atoms with E-state index in [0.29, 0.717) is 0 Å². The summed E-state index contributed by atoms with van der Waals surface area (Å²) < 4.78 is 4.81. The molecule has 0 saturated carbocycles. The molecular formula is C26H22N2. The first-order chi connectivity index (χ1) is 13.8. The minimum Gasteiger partial charge on any atom is -0.344 e. The number of para-hydroxylation sites is 2. The van der Waals surface area contributed by atoms with Gasteiger partial charge in [-0.15, -0.1) is 0 Å². The molecule has 0 saturated heterocycles. The average molecular weight is 362 g/mol. The average Bonchev–Trinajstić information content (AvgIpc) is 3.22. The summed E-state index contributed by atoms with van der Waals surface area (Å²) in [7, 11) is 2.20. The van der Waals surface area contributed by atoms with E-state index in [4.69, 9.17) is 0 Å². The van der Waals surface area contributed by atoms with Crippen LogP contribution in [0.5, 0.6) is 0 Å². The summed E-state index contributed by atoms with van der Waals surface area (Å²) in [5.74, 6) is 0. The Hall–Kier alpha value is -3.26. The van der Waals surface area contributed by atoms with Crippen molar-refractivity contribution in [3.63, 3.8) is 0 Å². The third kappa shape index (κ3) is 2.15.